The average Bonchev–Trinajstić information content (AvgIpc) is 2.23. The van der Waals surface area contributed by atoms with Crippen molar-refractivity contribution in [1.29, 1.82) is 0 Å². The van der Waals surface area contributed by atoms with Crippen molar-refractivity contribution in [2.45, 2.75) is 6.92 Å². The molecule has 0 aliphatic rings. The lowest BCUT2D eigenvalue weighted by Gasteiger charge is -2.17. The summed E-state index contributed by atoms with van der Waals surface area (Å²) in [6.07, 6.45) is 0. The van der Waals surface area contributed by atoms with Crippen molar-refractivity contribution >= 4 is 5.69 Å². The Bertz CT molecular complexity index is 257. The summed E-state index contributed by atoms with van der Waals surface area (Å²) >= 11 is 0. The highest BCUT2D eigenvalue weighted by molar-refractivity contribution is 5.45. The summed E-state index contributed by atoms with van der Waals surface area (Å²) in [5.41, 5.74) is 0.818. The fourth-order valence-corrected chi connectivity index (χ4v) is 1.12. The first kappa shape index (κ1) is 10.8. The molecule has 1 aromatic carbocycles. The second kappa shape index (κ2) is 5.47. The van der Waals surface area contributed by atoms with E-state index < -0.39 is 0 Å². The molecular formula is C10H15NO3. The number of anilines is 1. The van der Waals surface area contributed by atoms with Crippen LogP contribution in [-0.4, -0.2) is 20.8 Å². The second-order valence-corrected chi connectivity index (χ2v) is 2.55. The minimum absolute atomic E-state index is 0.664. The molecular weight excluding hydrogens is 182 g/mol. The highest BCUT2D eigenvalue weighted by atomic mass is 16.9. The molecule has 0 aromatic heterocycles. The molecule has 14 heavy (non-hydrogen) atoms. The van der Waals surface area contributed by atoms with Crippen molar-refractivity contribution in [2.24, 2.45) is 0 Å². The fraction of sp³-hybridized carbons (Fsp3) is 0.400. The normalized spacial score (nSPS) is 9.93. The summed E-state index contributed by atoms with van der Waals surface area (Å²) in [6, 6.07) is 7.45. The van der Waals surface area contributed by atoms with E-state index in [4.69, 9.17) is 14.4 Å². The van der Waals surface area contributed by atoms with Crippen LogP contribution in [-0.2, 0) is 9.68 Å². The van der Waals surface area contributed by atoms with Crippen LogP contribution in [0.15, 0.2) is 24.3 Å². The van der Waals surface area contributed by atoms with Gasteiger partial charge in [0.05, 0.1) is 26.5 Å². The van der Waals surface area contributed by atoms with Crippen LogP contribution in [0.3, 0.4) is 0 Å². The molecule has 0 bridgehead atoms. The van der Waals surface area contributed by atoms with Gasteiger partial charge in [-0.3, -0.25) is 9.68 Å². The summed E-state index contributed by atoms with van der Waals surface area (Å²) in [5.74, 6) is 0.836. The molecule has 0 heterocycles. The largest absolute Gasteiger partial charge is 0.494 e. The van der Waals surface area contributed by atoms with Crippen LogP contribution < -0.4 is 9.96 Å². The van der Waals surface area contributed by atoms with E-state index in [-0.39, 0.29) is 0 Å². The van der Waals surface area contributed by atoms with Crippen molar-refractivity contribution in [3.63, 3.8) is 0 Å². The number of hydrogen-bond acceptors (Lipinski definition) is 4. The third kappa shape index (κ3) is 2.61. The average molecular weight is 197 g/mol. The molecule has 78 valence electrons. The van der Waals surface area contributed by atoms with Gasteiger partial charge >= 0.3 is 0 Å². The van der Waals surface area contributed by atoms with Gasteiger partial charge in [-0.2, -0.15) is 0 Å². The summed E-state index contributed by atoms with van der Waals surface area (Å²) in [5, 5.41) is 1.32. The highest BCUT2D eigenvalue weighted by Crippen LogP contribution is 2.19. The van der Waals surface area contributed by atoms with E-state index in [2.05, 4.69) is 0 Å². The molecule has 0 N–H and O–H groups in total. The maximum Gasteiger partial charge on any atom is 0.119 e. The standard InChI is InChI=1S/C10H15NO3/c1-4-14-10-7-5-9(6-8-10)11(12-2)13-3/h5-8H,4H2,1-3H3. The van der Waals surface area contributed by atoms with Gasteiger partial charge in [-0.25, -0.2) is 0 Å². The summed E-state index contributed by atoms with van der Waals surface area (Å²) in [4.78, 5) is 9.91. The first-order valence-corrected chi connectivity index (χ1v) is 4.43. The van der Waals surface area contributed by atoms with Crippen molar-refractivity contribution in [1.82, 2.24) is 0 Å². The molecule has 0 atom stereocenters. The zero-order valence-electron chi connectivity index (χ0n) is 8.69. The van der Waals surface area contributed by atoms with E-state index in [1.807, 2.05) is 31.2 Å². The molecule has 1 rings (SSSR count). The van der Waals surface area contributed by atoms with Crippen molar-refractivity contribution in [3.8, 4) is 5.75 Å². The van der Waals surface area contributed by atoms with Gasteiger partial charge in [-0.1, -0.05) is 0 Å². The molecule has 0 saturated heterocycles. The SMILES string of the molecule is CCOc1ccc(N(OC)OC)cc1. The molecule has 4 nitrogen and oxygen atoms in total. The smallest absolute Gasteiger partial charge is 0.119 e. The van der Waals surface area contributed by atoms with Crippen LogP contribution in [0.1, 0.15) is 6.92 Å². The molecule has 4 heteroatoms. The Morgan fingerprint density at radius 3 is 2.07 bits per heavy atom. The number of hydrogen-bond donors (Lipinski definition) is 0. The highest BCUT2D eigenvalue weighted by Gasteiger charge is 2.03. The number of benzene rings is 1. The minimum atomic E-state index is 0.664. The molecule has 1 aromatic rings. The van der Waals surface area contributed by atoms with Crippen LogP contribution in [0.5, 0.6) is 5.75 Å². The van der Waals surface area contributed by atoms with Crippen molar-refractivity contribution in [3.05, 3.63) is 24.3 Å². The van der Waals surface area contributed by atoms with Gasteiger partial charge in [-0.15, -0.1) is 5.23 Å². The number of rotatable bonds is 5. The zero-order chi connectivity index (χ0) is 10.4. The molecule has 0 aliphatic carbocycles. The van der Waals surface area contributed by atoms with Crippen molar-refractivity contribution < 1.29 is 14.4 Å². The summed E-state index contributed by atoms with van der Waals surface area (Å²) in [6.45, 7) is 2.61. The first-order valence-electron chi connectivity index (χ1n) is 4.43. The van der Waals surface area contributed by atoms with E-state index >= 15 is 0 Å². The van der Waals surface area contributed by atoms with Crippen molar-refractivity contribution in [2.75, 3.05) is 26.1 Å². The molecule has 0 spiro atoms. The Kier molecular flexibility index (Phi) is 4.22. The Balaban J connectivity index is 2.71. The number of nitrogens with zero attached hydrogens (tertiary/aromatic N) is 1. The topological polar surface area (TPSA) is 30.9 Å². The van der Waals surface area contributed by atoms with Crippen LogP contribution in [0, 0.1) is 0 Å². The Labute approximate surface area is 83.9 Å². The molecule has 0 amide bonds. The molecule has 0 saturated carbocycles. The van der Waals surface area contributed by atoms with Gasteiger partial charge in [0.1, 0.15) is 5.75 Å². The minimum Gasteiger partial charge on any atom is -0.494 e. The molecule has 0 fully saturated rings. The predicted octanol–water partition coefficient (Wildman–Crippen LogP) is 2.01. The van der Waals surface area contributed by atoms with Gasteiger partial charge in [0.15, 0.2) is 0 Å². The maximum absolute atomic E-state index is 5.31. The van der Waals surface area contributed by atoms with E-state index in [0.717, 1.165) is 11.4 Å². The lowest BCUT2D eigenvalue weighted by molar-refractivity contribution is -0.0433. The second-order valence-electron chi connectivity index (χ2n) is 2.55. The van der Waals surface area contributed by atoms with E-state index in [1.54, 1.807) is 14.2 Å². The zero-order valence-corrected chi connectivity index (χ0v) is 8.69. The fourth-order valence-electron chi connectivity index (χ4n) is 1.12. The third-order valence-electron chi connectivity index (χ3n) is 1.69. The van der Waals surface area contributed by atoms with Crippen LogP contribution in [0.4, 0.5) is 5.69 Å². The van der Waals surface area contributed by atoms with Gasteiger partial charge in [-0.05, 0) is 31.2 Å². The quantitative estimate of drug-likeness (QED) is 0.676. The molecule has 0 aliphatic heterocycles. The Morgan fingerprint density at radius 1 is 1.07 bits per heavy atom. The lowest BCUT2D eigenvalue weighted by Crippen LogP contribution is -2.19. The van der Waals surface area contributed by atoms with Crippen LogP contribution in [0.2, 0.25) is 0 Å². The Morgan fingerprint density at radius 2 is 1.64 bits per heavy atom. The van der Waals surface area contributed by atoms with Gasteiger partial charge < -0.3 is 4.74 Å². The van der Waals surface area contributed by atoms with Gasteiger partial charge in [0.2, 0.25) is 0 Å². The van der Waals surface area contributed by atoms with E-state index in [0.29, 0.717) is 6.61 Å². The van der Waals surface area contributed by atoms with Gasteiger partial charge in [0.25, 0.3) is 0 Å². The molecule has 0 unspecified atom stereocenters. The van der Waals surface area contributed by atoms with Crippen LogP contribution >= 0.6 is 0 Å². The predicted molar refractivity (Wildman–Crippen MR) is 54.1 cm³/mol. The lowest BCUT2D eigenvalue weighted by atomic mass is 10.3. The van der Waals surface area contributed by atoms with Gasteiger partial charge in [0, 0.05) is 0 Å². The summed E-state index contributed by atoms with van der Waals surface area (Å²) < 4.78 is 5.31. The third-order valence-corrected chi connectivity index (χ3v) is 1.69. The maximum atomic E-state index is 5.31. The van der Waals surface area contributed by atoms with E-state index in [9.17, 15) is 0 Å². The molecule has 0 radical (unpaired) electrons. The number of ether oxygens (including phenoxy) is 1. The first-order chi connectivity index (χ1) is 6.81. The van der Waals surface area contributed by atoms with E-state index in [1.165, 1.54) is 5.23 Å². The summed E-state index contributed by atoms with van der Waals surface area (Å²) in [7, 11) is 3.08. The van der Waals surface area contributed by atoms with Crippen LogP contribution in [0.25, 0.3) is 0 Å². The monoisotopic (exact) mass is 197 g/mol. The Hall–Kier alpha value is -1.26.